The molecule has 0 N–H and O–H groups in total. The fourth-order valence-electron chi connectivity index (χ4n) is 4.57. The van der Waals surface area contributed by atoms with Crippen molar-refractivity contribution in [3.63, 3.8) is 0 Å². The zero-order valence-corrected chi connectivity index (χ0v) is 39.3. The number of hydrogen-bond donors (Lipinski definition) is 0. The van der Waals surface area contributed by atoms with E-state index in [0.29, 0.717) is 0 Å². The second-order valence-electron chi connectivity index (χ2n) is 10.3. The fourth-order valence-corrected chi connectivity index (χ4v) is 4.57. The molecule has 0 spiro atoms. The first-order chi connectivity index (χ1) is 23.9. The Morgan fingerprint density at radius 3 is 0.509 bits per heavy atom. The van der Waals surface area contributed by atoms with Gasteiger partial charge in [0.1, 0.15) is 0 Å². The first-order valence-electron chi connectivity index (χ1n) is 15.7. The number of halogens is 4. The number of aromatic nitrogens is 4. The van der Waals surface area contributed by atoms with Gasteiger partial charge in [0.2, 0.25) is 0 Å². The Hall–Kier alpha value is -3.41. The van der Waals surface area contributed by atoms with Gasteiger partial charge in [-0.25, -0.2) is 0 Å². The van der Waals surface area contributed by atoms with Gasteiger partial charge in [0.05, 0.1) is 22.8 Å². The van der Waals surface area contributed by atoms with E-state index < -0.39 is 0 Å². The van der Waals surface area contributed by atoms with Crippen LogP contribution in [0.2, 0.25) is 0 Å². The molecule has 291 valence electrons. The molecule has 3 radical (unpaired) electrons. The summed E-state index contributed by atoms with van der Waals surface area (Å²) in [7, 11) is 0. The summed E-state index contributed by atoms with van der Waals surface area (Å²) in [5.74, 6) is 0. The molecule has 0 amide bonds. The third kappa shape index (κ3) is 20.4. The van der Waals surface area contributed by atoms with Crippen LogP contribution in [0.4, 0.5) is 0 Å². The molecular weight excluding hydrogens is 1300 g/mol. The first-order valence-corrected chi connectivity index (χ1v) is 15.7. The summed E-state index contributed by atoms with van der Waals surface area (Å²) >= 11 is 0. The minimum atomic E-state index is 0. The molecule has 0 unspecified atom stereocenters. The Kier molecular flexibility index (Phi) is 34.5. The molecule has 11 heteroatoms. The molecule has 4 aromatic heterocycles. The summed E-state index contributed by atoms with van der Waals surface area (Å²) in [4.78, 5) is 17.0. The van der Waals surface area contributed by atoms with Crippen LogP contribution in [0.5, 0.6) is 0 Å². The van der Waals surface area contributed by atoms with E-state index in [2.05, 4.69) is 68.5 Å². The van der Waals surface area contributed by atoms with Crippen LogP contribution in [0.3, 0.4) is 0 Å². The van der Waals surface area contributed by atoms with Crippen LogP contribution < -0.4 is 49.6 Å². The molecule has 4 heterocycles. The van der Waals surface area contributed by atoms with Gasteiger partial charge in [-0.2, -0.15) is 0 Å². The third-order valence-corrected chi connectivity index (χ3v) is 6.94. The first kappa shape index (κ1) is 55.9. The van der Waals surface area contributed by atoms with Crippen molar-refractivity contribution in [3.8, 4) is 45.0 Å². The van der Waals surface area contributed by atoms with Crippen molar-refractivity contribution < 1.29 is 110 Å². The molecule has 55 heavy (non-hydrogen) atoms. The van der Waals surface area contributed by atoms with Gasteiger partial charge in [-0.05, 0) is 48.5 Å². The van der Waals surface area contributed by atoms with E-state index in [9.17, 15) is 0 Å². The van der Waals surface area contributed by atoms with Crippen LogP contribution in [-0.2, 0) is 60.3 Å². The zero-order valence-electron chi connectivity index (χ0n) is 29.1. The molecule has 0 saturated heterocycles. The van der Waals surface area contributed by atoms with Crippen molar-refractivity contribution in [1.29, 1.82) is 0 Å². The number of nitrogens with zero attached hydrogens (tertiary/aromatic N) is 4. The molecule has 0 aliphatic rings. The van der Waals surface area contributed by atoms with Gasteiger partial charge >= 0.3 is 0 Å². The number of rotatable bonds is 4. The van der Waals surface area contributed by atoms with Crippen LogP contribution in [0, 0.1) is 0 Å². The van der Waals surface area contributed by atoms with Crippen LogP contribution in [0.15, 0.2) is 219 Å². The van der Waals surface area contributed by atoms with Crippen LogP contribution in [0.25, 0.3) is 45.0 Å². The summed E-state index contributed by atoms with van der Waals surface area (Å²) in [6, 6.07) is 64.3. The van der Waals surface area contributed by atoms with Crippen molar-refractivity contribution in [2.75, 3.05) is 0 Å². The van der Waals surface area contributed by atoms with E-state index in [0.717, 1.165) is 45.0 Å². The standard InChI is InChI=1S/4C11H9N.4ClH.3Ir/c4*1-2-6-10(7-3-1)11-8-4-5-9-12-11;;;;;;;/h4*1-9H;4*1H;;;/p-4. The maximum atomic E-state index is 4.25. The van der Waals surface area contributed by atoms with Crippen molar-refractivity contribution in [2.24, 2.45) is 0 Å². The van der Waals surface area contributed by atoms with Crippen molar-refractivity contribution in [3.05, 3.63) is 219 Å². The number of pyridine rings is 4. The Morgan fingerprint density at radius 2 is 0.364 bits per heavy atom. The van der Waals surface area contributed by atoms with Gasteiger partial charge in [0.15, 0.2) is 0 Å². The topological polar surface area (TPSA) is 51.6 Å². The summed E-state index contributed by atoms with van der Waals surface area (Å²) in [5, 5.41) is 0. The Balaban J connectivity index is -0.000000629. The smallest absolute Gasteiger partial charge is 0.0701 e. The summed E-state index contributed by atoms with van der Waals surface area (Å²) in [5.41, 5.74) is 8.76. The van der Waals surface area contributed by atoms with Gasteiger partial charge in [-0.15, -0.1) is 0 Å². The zero-order chi connectivity index (χ0) is 32.9. The molecule has 0 fully saturated rings. The van der Waals surface area contributed by atoms with E-state index in [-0.39, 0.29) is 110 Å². The minimum absolute atomic E-state index is 0. The molecule has 0 bridgehead atoms. The maximum absolute atomic E-state index is 4.25. The molecule has 0 atom stereocenters. The average Bonchev–Trinajstić information content (AvgIpc) is 3.21. The number of hydrogen-bond acceptors (Lipinski definition) is 4. The Bertz CT molecular complexity index is 1550. The largest absolute Gasteiger partial charge is 1.00 e. The van der Waals surface area contributed by atoms with E-state index >= 15 is 0 Å². The van der Waals surface area contributed by atoms with Crippen LogP contribution >= 0.6 is 0 Å². The molecule has 8 rings (SSSR count). The fraction of sp³-hybridized carbons (Fsp3) is 0. The SMILES string of the molecule is [Cl-].[Cl-].[Cl-].[Cl-].[Ir].[Ir].[Ir].c1ccc(-c2ccccn2)cc1.c1ccc(-c2ccccn2)cc1.c1ccc(-c2ccccn2)cc1.c1ccc(-c2ccccn2)cc1. The maximum Gasteiger partial charge on any atom is 0.0701 e. The van der Waals surface area contributed by atoms with Gasteiger partial charge in [0, 0.05) is 107 Å². The number of benzene rings is 4. The van der Waals surface area contributed by atoms with Crippen LogP contribution in [0.1, 0.15) is 0 Å². The monoisotopic (exact) mass is 1340 g/mol. The van der Waals surface area contributed by atoms with Gasteiger partial charge in [-0.1, -0.05) is 146 Å². The molecule has 0 aliphatic carbocycles. The molecule has 4 nitrogen and oxygen atoms in total. The Labute approximate surface area is 390 Å². The molecule has 0 aliphatic heterocycles. The second kappa shape index (κ2) is 33.9. The van der Waals surface area contributed by atoms with Gasteiger partial charge in [-0.3, -0.25) is 19.9 Å². The normalized spacial score (nSPS) is 8.44. The third-order valence-electron chi connectivity index (χ3n) is 6.94. The predicted octanol–water partition coefficient (Wildman–Crippen LogP) is -0.997. The van der Waals surface area contributed by atoms with Gasteiger partial charge < -0.3 is 49.6 Å². The van der Waals surface area contributed by atoms with Gasteiger partial charge in [0.25, 0.3) is 0 Å². The summed E-state index contributed by atoms with van der Waals surface area (Å²) in [6.07, 6.45) is 7.23. The molecule has 4 aromatic carbocycles. The van der Waals surface area contributed by atoms with Crippen molar-refractivity contribution in [2.45, 2.75) is 0 Å². The molecule has 8 aromatic rings. The Morgan fingerprint density at radius 1 is 0.200 bits per heavy atom. The van der Waals surface area contributed by atoms with Crippen molar-refractivity contribution in [1.82, 2.24) is 19.9 Å². The molecular formula is C44H36Cl4Ir3N4-4. The van der Waals surface area contributed by atoms with E-state index in [4.69, 9.17) is 0 Å². The minimum Gasteiger partial charge on any atom is -1.00 e. The van der Waals surface area contributed by atoms with E-state index in [1.807, 2.05) is 170 Å². The summed E-state index contributed by atoms with van der Waals surface area (Å²) in [6.45, 7) is 0. The average molecular weight is 1340 g/mol. The van der Waals surface area contributed by atoms with Crippen molar-refractivity contribution >= 4 is 0 Å². The van der Waals surface area contributed by atoms with E-state index in [1.54, 1.807) is 0 Å². The molecule has 0 saturated carbocycles. The summed E-state index contributed by atoms with van der Waals surface area (Å²) < 4.78 is 0. The van der Waals surface area contributed by atoms with E-state index in [1.165, 1.54) is 0 Å². The quantitative estimate of drug-likeness (QED) is 0.228. The predicted molar refractivity (Wildman–Crippen MR) is 199 cm³/mol. The van der Waals surface area contributed by atoms with Crippen LogP contribution in [-0.4, -0.2) is 19.9 Å². The second-order valence-corrected chi connectivity index (χ2v) is 10.3.